The molecule has 0 amide bonds. The van der Waals surface area contributed by atoms with Gasteiger partial charge in [0.2, 0.25) is 0 Å². The van der Waals surface area contributed by atoms with E-state index in [0.29, 0.717) is 11.3 Å². The molecule has 0 atom stereocenters. The van der Waals surface area contributed by atoms with Crippen LogP contribution in [-0.2, 0) is 6.61 Å². The minimum Gasteiger partial charge on any atom is -0.497 e. The molecule has 5 heteroatoms. The van der Waals surface area contributed by atoms with Gasteiger partial charge in [-0.15, -0.1) is 0 Å². The van der Waals surface area contributed by atoms with E-state index in [1.165, 1.54) is 38.3 Å². The minimum atomic E-state index is -0.657. The van der Waals surface area contributed by atoms with Crippen molar-refractivity contribution >= 4 is 5.78 Å². The third-order valence-corrected chi connectivity index (χ3v) is 2.97. The maximum Gasteiger partial charge on any atom is 0.162 e. The van der Waals surface area contributed by atoms with Gasteiger partial charge in [-0.05, 0) is 31.2 Å². The molecule has 110 valence electrons. The maximum atomic E-state index is 13.7. The van der Waals surface area contributed by atoms with Gasteiger partial charge in [0.15, 0.2) is 5.78 Å². The van der Waals surface area contributed by atoms with Crippen molar-refractivity contribution in [2.45, 2.75) is 13.5 Å². The second-order valence-electron chi connectivity index (χ2n) is 4.44. The Kier molecular flexibility index (Phi) is 4.52. The number of Topliss-reactive ketones (excluding diaryl/α,β-unsaturated/α-hetero) is 1. The van der Waals surface area contributed by atoms with E-state index in [-0.39, 0.29) is 23.7 Å². The summed E-state index contributed by atoms with van der Waals surface area (Å²) in [7, 11) is 1.45. The van der Waals surface area contributed by atoms with E-state index < -0.39 is 11.6 Å². The Balaban J connectivity index is 2.10. The van der Waals surface area contributed by atoms with Crippen LogP contribution in [0.4, 0.5) is 8.78 Å². The zero-order valence-corrected chi connectivity index (χ0v) is 11.7. The lowest BCUT2D eigenvalue weighted by molar-refractivity contribution is 0.101. The van der Waals surface area contributed by atoms with E-state index in [2.05, 4.69) is 0 Å². The molecule has 0 saturated carbocycles. The van der Waals surface area contributed by atoms with Gasteiger partial charge in [0.1, 0.15) is 29.7 Å². The quantitative estimate of drug-likeness (QED) is 0.787. The van der Waals surface area contributed by atoms with Crippen LogP contribution in [0.2, 0.25) is 0 Å². The van der Waals surface area contributed by atoms with Crippen molar-refractivity contribution in [2.75, 3.05) is 7.11 Å². The first-order chi connectivity index (χ1) is 10.0. The Morgan fingerprint density at radius 3 is 2.29 bits per heavy atom. The number of hydrogen-bond donors (Lipinski definition) is 0. The van der Waals surface area contributed by atoms with E-state index in [1.807, 2.05) is 0 Å². The van der Waals surface area contributed by atoms with Gasteiger partial charge in [0, 0.05) is 17.7 Å². The molecule has 0 spiro atoms. The summed E-state index contributed by atoms with van der Waals surface area (Å²) < 4.78 is 37.6. The van der Waals surface area contributed by atoms with Gasteiger partial charge in [-0.2, -0.15) is 0 Å². The van der Waals surface area contributed by atoms with Crippen molar-refractivity contribution in [1.29, 1.82) is 0 Å². The lowest BCUT2D eigenvalue weighted by Gasteiger charge is -2.09. The van der Waals surface area contributed by atoms with Crippen molar-refractivity contribution in [3.05, 3.63) is 59.2 Å². The second-order valence-corrected chi connectivity index (χ2v) is 4.44. The van der Waals surface area contributed by atoms with Crippen LogP contribution in [0.25, 0.3) is 0 Å². The molecule has 2 rings (SSSR count). The number of ether oxygens (including phenoxy) is 2. The molecule has 0 N–H and O–H groups in total. The maximum absolute atomic E-state index is 13.7. The Labute approximate surface area is 121 Å². The highest BCUT2D eigenvalue weighted by Gasteiger charge is 2.09. The summed E-state index contributed by atoms with van der Waals surface area (Å²) in [5.41, 5.74) is 0.324. The fourth-order valence-corrected chi connectivity index (χ4v) is 1.80. The van der Waals surface area contributed by atoms with Gasteiger partial charge in [0.05, 0.1) is 12.7 Å². The molecule has 0 aliphatic carbocycles. The van der Waals surface area contributed by atoms with Crippen LogP contribution in [0.1, 0.15) is 22.8 Å². The first kappa shape index (κ1) is 15.0. The molecule has 0 fully saturated rings. The summed E-state index contributed by atoms with van der Waals surface area (Å²) >= 11 is 0. The summed E-state index contributed by atoms with van der Waals surface area (Å²) in [5.74, 6) is -0.841. The predicted molar refractivity (Wildman–Crippen MR) is 73.7 cm³/mol. The molecule has 0 saturated heterocycles. The van der Waals surface area contributed by atoms with Crippen molar-refractivity contribution in [2.24, 2.45) is 0 Å². The average molecular weight is 292 g/mol. The van der Waals surface area contributed by atoms with Gasteiger partial charge in [-0.25, -0.2) is 8.78 Å². The average Bonchev–Trinajstić information content (AvgIpc) is 2.45. The van der Waals surface area contributed by atoms with E-state index in [4.69, 9.17) is 9.47 Å². The minimum absolute atomic E-state index is 0.00187. The van der Waals surface area contributed by atoms with Crippen LogP contribution in [0.3, 0.4) is 0 Å². The second kappa shape index (κ2) is 6.35. The molecule has 0 bridgehead atoms. The molecule has 3 nitrogen and oxygen atoms in total. The van der Waals surface area contributed by atoms with Crippen molar-refractivity contribution < 1.29 is 23.0 Å². The number of benzene rings is 2. The molecule has 0 aromatic heterocycles. The molecule has 21 heavy (non-hydrogen) atoms. The number of halogens is 2. The summed E-state index contributed by atoms with van der Waals surface area (Å²) in [5, 5.41) is 0. The summed E-state index contributed by atoms with van der Waals surface area (Å²) in [6, 6.07) is 8.32. The van der Waals surface area contributed by atoms with Gasteiger partial charge < -0.3 is 9.47 Å². The summed E-state index contributed by atoms with van der Waals surface area (Å²) in [6.07, 6.45) is 0. The first-order valence-electron chi connectivity index (χ1n) is 6.27. The topological polar surface area (TPSA) is 35.5 Å². The molecule has 0 unspecified atom stereocenters. The number of ketones is 1. The normalized spacial score (nSPS) is 10.3. The number of rotatable bonds is 5. The SMILES string of the molecule is COc1ccc(COc2ccc(C(C)=O)c(F)c2)c(F)c1. The number of carbonyl (C=O) groups is 1. The summed E-state index contributed by atoms with van der Waals surface area (Å²) in [4.78, 5) is 11.1. The Morgan fingerprint density at radius 1 is 1.05 bits per heavy atom. The highest BCUT2D eigenvalue weighted by Crippen LogP contribution is 2.21. The predicted octanol–water partition coefficient (Wildman–Crippen LogP) is 3.76. The molecular formula is C16H14F2O3. The monoisotopic (exact) mass is 292 g/mol. The largest absolute Gasteiger partial charge is 0.497 e. The van der Waals surface area contributed by atoms with Crippen LogP contribution in [0.5, 0.6) is 11.5 Å². The van der Waals surface area contributed by atoms with Gasteiger partial charge >= 0.3 is 0 Å². The molecule has 2 aromatic carbocycles. The van der Waals surface area contributed by atoms with Crippen LogP contribution in [-0.4, -0.2) is 12.9 Å². The third-order valence-electron chi connectivity index (χ3n) is 2.97. The van der Waals surface area contributed by atoms with Gasteiger partial charge in [-0.3, -0.25) is 4.79 Å². The molecule has 2 aromatic rings. The number of hydrogen-bond acceptors (Lipinski definition) is 3. The third kappa shape index (κ3) is 3.56. The molecular weight excluding hydrogens is 278 g/mol. The number of methoxy groups -OCH3 is 1. The lowest BCUT2D eigenvalue weighted by Crippen LogP contribution is -2.01. The van der Waals surface area contributed by atoms with Crippen molar-refractivity contribution in [3.63, 3.8) is 0 Å². The van der Waals surface area contributed by atoms with E-state index in [0.717, 1.165) is 6.07 Å². The molecule has 0 aliphatic rings. The smallest absolute Gasteiger partial charge is 0.162 e. The van der Waals surface area contributed by atoms with E-state index in [1.54, 1.807) is 6.07 Å². The fraction of sp³-hybridized carbons (Fsp3) is 0.188. The first-order valence-corrected chi connectivity index (χ1v) is 6.27. The van der Waals surface area contributed by atoms with E-state index >= 15 is 0 Å². The van der Waals surface area contributed by atoms with Gasteiger partial charge in [-0.1, -0.05) is 0 Å². The van der Waals surface area contributed by atoms with Gasteiger partial charge in [0.25, 0.3) is 0 Å². The molecule has 0 radical (unpaired) electrons. The Hall–Kier alpha value is -2.43. The summed E-state index contributed by atoms with van der Waals surface area (Å²) in [6.45, 7) is 1.24. The zero-order valence-electron chi connectivity index (χ0n) is 11.7. The Morgan fingerprint density at radius 2 is 1.71 bits per heavy atom. The van der Waals surface area contributed by atoms with Crippen LogP contribution >= 0.6 is 0 Å². The van der Waals surface area contributed by atoms with Crippen molar-refractivity contribution in [3.8, 4) is 11.5 Å². The van der Waals surface area contributed by atoms with Crippen LogP contribution in [0.15, 0.2) is 36.4 Å². The van der Waals surface area contributed by atoms with Crippen molar-refractivity contribution in [1.82, 2.24) is 0 Å². The highest BCUT2D eigenvalue weighted by atomic mass is 19.1. The standard InChI is InChI=1S/C16H14F2O3/c1-10(19)14-6-5-13(8-16(14)18)21-9-11-3-4-12(20-2)7-15(11)17/h3-8H,9H2,1-2H3. The molecule has 0 aliphatic heterocycles. The van der Waals surface area contributed by atoms with E-state index in [9.17, 15) is 13.6 Å². The van der Waals surface area contributed by atoms with Crippen LogP contribution in [0, 0.1) is 11.6 Å². The highest BCUT2D eigenvalue weighted by molar-refractivity contribution is 5.94. The number of carbonyl (C=O) groups excluding carboxylic acids is 1. The molecule has 0 heterocycles. The van der Waals surface area contributed by atoms with Crippen LogP contribution < -0.4 is 9.47 Å². The fourth-order valence-electron chi connectivity index (χ4n) is 1.80. The zero-order chi connectivity index (χ0) is 15.4. The lowest BCUT2D eigenvalue weighted by atomic mass is 10.1. The Bertz CT molecular complexity index is 669.